The van der Waals surface area contributed by atoms with E-state index in [0.29, 0.717) is 11.8 Å². The van der Waals surface area contributed by atoms with Gasteiger partial charge in [-0.05, 0) is 55.9 Å². The molecule has 0 N–H and O–H groups in total. The Kier molecular flexibility index (Phi) is 3.89. The van der Waals surface area contributed by atoms with Gasteiger partial charge in [-0.3, -0.25) is 0 Å². The topological polar surface area (TPSA) is 39.9 Å². The van der Waals surface area contributed by atoms with Crippen LogP contribution in [0.2, 0.25) is 5.02 Å². The molecule has 0 amide bonds. The molecule has 1 fully saturated rings. The van der Waals surface area contributed by atoms with E-state index in [1.165, 1.54) is 18.7 Å². The molecule has 1 atom stereocenters. The van der Waals surface area contributed by atoms with Crippen molar-refractivity contribution in [2.75, 3.05) is 13.2 Å². The minimum absolute atomic E-state index is 0.534. The van der Waals surface area contributed by atoms with E-state index in [4.69, 9.17) is 16.3 Å². The summed E-state index contributed by atoms with van der Waals surface area (Å²) >= 11 is 5.99. The Labute approximate surface area is 135 Å². The van der Waals surface area contributed by atoms with Crippen molar-refractivity contribution in [2.24, 2.45) is 5.92 Å². The van der Waals surface area contributed by atoms with Gasteiger partial charge in [0.15, 0.2) is 5.82 Å². The van der Waals surface area contributed by atoms with Gasteiger partial charge in [-0.15, -0.1) is 10.2 Å². The normalized spacial score (nSPS) is 22.5. The number of hydrogen-bond donors (Lipinski definition) is 0. The zero-order valence-electron chi connectivity index (χ0n) is 12.5. The molecule has 2 aliphatic heterocycles. The second-order valence-corrected chi connectivity index (χ2v) is 6.68. The second kappa shape index (κ2) is 6.01. The van der Waals surface area contributed by atoms with Gasteiger partial charge in [0.05, 0.1) is 0 Å². The van der Waals surface area contributed by atoms with Crippen molar-refractivity contribution >= 4 is 11.6 Å². The van der Waals surface area contributed by atoms with Crippen LogP contribution in [0, 0.1) is 5.92 Å². The van der Waals surface area contributed by atoms with Crippen molar-refractivity contribution in [3.63, 3.8) is 0 Å². The van der Waals surface area contributed by atoms with E-state index in [9.17, 15) is 0 Å². The first-order valence-corrected chi connectivity index (χ1v) is 8.47. The molecule has 116 valence electrons. The lowest BCUT2D eigenvalue weighted by atomic mass is 9.81. The summed E-state index contributed by atoms with van der Waals surface area (Å²) in [5.74, 6) is 3.37. The summed E-state index contributed by atoms with van der Waals surface area (Å²) in [5, 5.41) is 9.78. The summed E-state index contributed by atoms with van der Waals surface area (Å²) < 4.78 is 7.82. The third-order valence-corrected chi connectivity index (χ3v) is 5.20. The number of ether oxygens (including phenoxy) is 1. The van der Waals surface area contributed by atoms with Crippen molar-refractivity contribution in [2.45, 2.75) is 38.1 Å². The molecule has 4 nitrogen and oxygen atoms in total. The van der Waals surface area contributed by atoms with Gasteiger partial charge in [-0.1, -0.05) is 11.6 Å². The molecule has 2 aromatic rings. The maximum absolute atomic E-state index is 5.99. The minimum atomic E-state index is 0.534. The lowest BCUT2D eigenvalue weighted by Crippen LogP contribution is -2.27. The van der Waals surface area contributed by atoms with Crippen LogP contribution in [-0.2, 0) is 11.3 Å². The van der Waals surface area contributed by atoms with Crippen LogP contribution in [0.3, 0.4) is 0 Å². The number of hydrogen-bond acceptors (Lipinski definition) is 3. The molecule has 2 aliphatic rings. The highest BCUT2D eigenvalue weighted by Crippen LogP contribution is 2.39. The van der Waals surface area contributed by atoms with E-state index in [2.05, 4.69) is 14.8 Å². The Morgan fingerprint density at radius 1 is 1.05 bits per heavy atom. The fourth-order valence-corrected chi connectivity index (χ4v) is 3.91. The molecule has 1 aromatic heterocycles. The highest BCUT2D eigenvalue weighted by molar-refractivity contribution is 6.30. The Morgan fingerprint density at radius 3 is 2.59 bits per heavy atom. The van der Waals surface area contributed by atoms with Crippen molar-refractivity contribution in [1.29, 1.82) is 0 Å². The van der Waals surface area contributed by atoms with Crippen molar-refractivity contribution in [1.82, 2.24) is 14.8 Å². The summed E-state index contributed by atoms with van der Waals surface area (Å²) in [6, 6.07) is 7.88. The smallest absolute Gasteiger partial charge is 0.163 e. The predicted octanol–water partition coefficient (Wildman–Crippen LogP) is 3.90. The monoisotopic (exact) mass is 317 g/mol. The van der Waals surface area contributed by atoms with Crippen LogP contribution in [0.15, 0.2) is 24.3 Å². The minimum Gasteiger partial charge on any atom is -0.381 e. The average molecular weight is 318 g/mol. The lowest BCUT2D eigenvalue weighted by molar-refractivity contribution is 0.0534. The second-order valence-electron chi connectivity index (χ2n) is 6.24. The molecule has 1 saturated heterocycles. The third kappa shape index (κ3) is 2.55. The molecule has 0 spiro atoms. The molecule has 0 saturated carbocycles. The van der Waals surface area contributed by atoms with E-state index < -0.39 is 0 Å². The standard InChI is InChI=1S/C17H20ClN3O/c18-14-5-3-13(4-6-14)16-19-20-17-15(2-1-9-21(16)17)12-7-10-22-11-8-12/h3-6,12,15H,1-2,7-11H2. The van der Waals surface area contributed by atoms with Gasteiger partial charge < -0.3 is 9.30 Å². The van der Waals surface area contributed by atoms with Crippen LogP contribution in [0.5, 0.6) is 0 Å². The maximum Gasteiger partial charge on any atom is 0.163 e. The highest BCUT2D eigenvalue weighted by Gasteiger charge is 2.32. The molecule has 1 aromatic carbocycles. The first kappa shape index (κ1) is 14.2. The summed E-state index contributed by atoms with van der Waals surface area (Å²) in [5.41, 5.74) is 1.09. The molecule has 22 heavy (non-hydrogen) atoms. The Hall–Kier alpha value is -1.39. The van der Waals surface area contributed by atoms with E-state index in [1.54, 1.807) is 0 Å². The summed E-state index contributed by atoms with van der Waals surface area (Å²) in [6.07, 6.45) is 4.72. The summed E-state index contributed by atoms with van der Waals surface area (Å²) in [6.45, 7) is 2.79. The molecule has 1 unspecified atom stereocenters. The van der Waals surface area contributed by atoms with Gasteiger partial charge in [-0.2, -0.15) is 0 Å². The number of rotatable bonds is 2. The molecule has 0 radical (unpaired) electrons. The predicted molar refractivity (Wildman–Crippen MR) is 86.0 cm³/mol. The fourth-order valence-electron chi connectivity index (χ4n) is 3.79. The van der Waals surface area contributed by atoms with Crippen molar-refractivity contribution in [3.05, 3.63) is 35.1 Å². The van der Waals surface area contributed by atoms with E-state index in [-0.39, 0.29) is 0 Å². The van der Waals surface area contributed by atoms with Gasteiger partial charge in [0.1, 0.15) is 5.82 Å². The number of nitrogens with zero attached hydrogens (tertiary/aromatic N) is 3. The van der Waals surface area contributed by atoms with Crippen molar-refractivity contribution < 1.29 is 4.74 Å². The van der Waals surface area contributed by atoms with Crippen LogP contribution in [0.25, 0.3) is 11.4 Å². The lowest BCUT2D eigenvalue weighted by Gasteiger charge is -2.32. The number of halogens is 1. The Morgan fingerprint density at radius 2 is 1.82 bits per heavy atom. The molecular weight excluding hydrogens is 298 g/mol. The molecule has 4 rings (SSSR count). The van der Waals surface area contributed by atoms with Crippen molar-refractivity contribution in [3.8, 4) is 11.4 Å². The molecule has 3 heterocycles. The van der Waals surface area contributed by atoms with Gasteiger partial charge >= 0.3 is 0 Å². The Balaban J connectivity index is 1.67. The zero-order chi connectivity index (χ0) is 14.9. The van der Waals surface area contributed by atoms with Crippen LogP contribution in [0.4, 0.5) is 0 Å². The van der Waals surface area contributed by atoms with Crippen LogP contribution < -0.4 is 0 Å². The number of aromatic nitrogens is 3. The zero-order valence-corrected chi connectivity index (χ0v) is 13.3. The Bertz CT molecular complexity index is 646. The van der Waals surface area contributed by atoms with Crippen LogP contribution in [-0.4, -0.2) is 28.0 Å². The largest absolute Gasteiger partial charge is 0.381 e. The SMILES string of the molecule is Clc1ccc(-c2nnc3n2CCCC3C2CCOCC2)cc1. The molecule has 0 bridgehead atoms. The summed E-state index contributed by atoms with van der Waals surface area (Å²) in [7, 11) is 0. The van der Waals surface area contributed by atoms with Gasteiger partial charge in [0.2, 0.25) is 0 Å². The maximum atomic E-state index is 5.99. The molecular formula is C17H20ClN3O. The first-order chi connectivity index (χ1) is 10.8. The molecule has 5 heteroatoms. The molecule has 0 aliphatic carbocycles. The van der Waals surface area contributed by atoms with E-state index in [0.717, 1.165) is 49.0 Å². The number of fused-ring (bicyclic) bond motifs is 1. The highest BCUT2D eigenvalue weighted by atomic mass is 35.5. The van der Waals surface area contributed by atoms with Crippen LogP contribution >= 0.6 is 11.6 Å². The van der Waals surface area contributed by atoms with Gasteiger partial charge in [0.25, 0.3) is 0 Å². The number of benzene rings is 1. The first-order valence-electron chi connectivity index (χ1n) is 8.10. The van der Waals surface area contributed by atoms with Crippen LogP contribution in [0.1, 0.15) is 37.4 Å². The summed E-state index contributed by atoms with van der Waals surface area (Å²) in [4.78, 5) is 0. The average Bonchev–Trinajstić information content (AvgIpc) is 3.00. The van der Waals surface area contributed by atoms with Gasteiger partial charge in [-0.25, -0.2) is 0 Å². The fraction of sp³-hybridized carbons (Fsp3) is 0.529. The third-order valence-electron chi connectivity index (χ3n) is 4.95. The van der Waals surface area contributed by atoms with E-state index in [1.807, 2.05) is 24.3 Å². The van der Waals surface area contributed by atoms with Gasteiger partial charge in [0, 0.05) is 36.3 Å². The van der Waals surface area contributed by atoms with E-state index >= 15 is 0 Å². The quantitative estimate of drug-likeness (QED) is 0.843.